The first-order valence-electron chi connectivity index (χ1n) is 3.92. The number of nitrogens with zero attached hydrogens (tertiary/aromatic N) is 1. The van der Waals surface area contributed by atoms with Gasteiger partial charge < -0.3 is 4.74 Å². The summed E-state index contributed by atoms with van der Waals surface area (Å²) < 4.78 is 4.50. The molecule has 72 valence electrons. The van der Waals surface area contributed by atoms with Crippen molar-refractivity contribution in [3.05, 3.63) is 34.3 Å². The minimum absolute atomic E-state index is 0.131. The number of rotatable bonds is 2. The predicted octanol–water partition coefficient (Wildman–Crippen LogP) is 1.93. The molecule has 0 unspecified atom stereocenters. The lowest BCUT2D eigenvalue weighted by Crippen LogP contribution is -2.04. The summed E-state index contributed by atoms with van der Waals surface area (Å²) >= 11 is 5.75. The highest BCUT2D eigenvalue weighted by Crippen LogP contribution is 2.15. The number of carbonyl (C=O) groups excluding carboxylic acids is 1. The molecule has 1 aromatic carbocycles. The maximum Gasteiger partial charge on any atom is 0.309 e. The average Bonchev–Trinajstić information content (AvgIpc) is 2.16. The van der Waals surface area contributed by atoms with Crippen LogP contribution < -0.4 is 0 Å². The topological polar surface area (TPSA) is 50.1 Å². The largest absolute Gasteiger partial charge is 0.469 e. The average molecular weight is 210 g/mol. The second-order valence-corrected chi connectivity index (χ2v) is 3.15. The van der Waals surface area contributed by atoms with Gasteiger partial charge in [-0.15, -0.1) is 0 Å². The molecular weight excluding hydrogens is 202 g/mol. The summed E-state index contributed by atoms with van der Waals surface area (Å²) in [5.41, 5.74) is 1.12. The lowest BCUT2D eigenvalue weighted by atomic mass is 10.1. The van der Waals surface area contributed by atoms with Gasteiger partial charge in [-0.3, -0.25) is 4.79 Å². The number of esters is 1. The fraction of sp³-hybridized carbons (Fsp3) is 0.200. The van der Waals surface area contributed by atoms with Gasteiger partial charge in [0.05, 0.1) is 25.2 Å². The Morgan fingerprint density at radius 3 is 2.86 bits per heavy atom. The second kappa shape index (κ2) is 4.64. The summed E-state index contributed by atoms with van der Waals surface area (Å²) in [7, 11) is 1.32. The van der Waals surface area contributed by atoms with Gasteiger partial charge in [0.15, 0.2) is 0 Å². The van der Waals surface area contributed by atoms with Crippen molar-refractivity contribution in [3.8, 4) is 6.07 Å². The van der Waals surface area contributed by atoms with Crippen molar-refractivity contribution < 1.29 is 9.53 Å². The Morgan fingerprint density at radius 1 is 1.57 bits per heavy atom. The Morgan fingerprint density at radius 2 is 2.29 bits per heavy atom. The van der Waals surface area contributed by atoms with E-state index in [-0.39, 0.29) is 12.4 Å². The summed E-state index contributed by atoms with van der Waals surface area (Å²) in [4.78, 5) is 10.9. The molecule has 0 radical (unpaired) electrons. The number of hydrogen-bond acceptors (Lipinski definition) is 3. The molecule has 14 heavy (non-hydrogen) atoms. The molecular formula is C10H8ClNO2. The van der Waals surface area contributed by atoms with Gasteiger partial charge >= 0.3 is 5.97 Å². The summed E-state index contributed by atoms with van der Waals surface area (Å²) in [6.07, 6.45) is 0.131. The van der Waals surface area contributed by atoms with E-state index < -0.39 is 0 Å². The fourth-order valence-electron chi connectivity index (χ4n) is 1.06. The van der Waals surface area contributed by atoms with Gasteiger partial charge in [0, 0.05) is 5.02 Å². The minimum Gasteiger partial charge on any atom is -0.469 e. The number of nitriles is 1. The van der Waals surface area contributed by atoms with Crippen molar-refractivity contribution in [2.75, 3.05) is 7.11 Å². The molecule has 0 saturated carbocycles. The van der Waals surface area contributed by atoms with Crippen LogP contribution in [-0.4, -0.2) is 13.1 Å². The van der Waals surface area contributed by atoms with E-state index in [0.29, 0.717) is 16.1 Å². The van der Waals surface area contributed by atoms with Crippen LogP contribution in [0.3, 0.4) is 0 Å². The van der Waals surface area contributed by atoms with Crippen LogP contribution in [0, 0.1) is 11.3 Å². The molecule has 0 aliphatic heterocycles. The van der Waals surface area contributed by atoms with Gasteiger partial charge in [-0.25, -0.2) is 0 Å². The van der Waals surface area contributed by atoms with E-state index in [2.05, 4.69) is 4.74 Å². The van der Waals surface area contributed by atoms with Crippen molar-refractivity contribution in [2.24, 2.45) is 0 Å². The first kappa shape index (κ1) is 10.6. The summed E-state index contributed by atoms with van der Waals surface area (Å²) in [5, 5.41) is 9.10. The van der Waals surface area contributed by atoms with Crippen molar-refractivity contribution >= 4 is 17.6 Å². The molecule has 0 amide bonds. The first-order chi connectivity index (χ1) is 6.65. The monoisotopic (exact) mass is 209 g/mol. The molecule has 0 saturated heterocycles. The molecule has 0 bridgehead atoms. The van der Waals surface area contributed by atoms with Crippen LogP contribution in [0.5, 0.6) is 0 Å². The molecule has 0 fully saturated rings. The fourth-order valence-corrected chi connectivity index (χ4v) is 1.31. The van der Waals surface area contributed by atoms with Crippen LogP contribution >= 0.6 is 11.6 Å². The summed E-state index contributed by atoms with van der Waals surface area (Å²) in [6.45, 7) is 0. The zero-order valence-electron chi connectivity index (χ0n) is 7.58. The van der Waals surface area contributed by atoms with E-state index in [1.165, 1.54) is 7.11 Å². The molecule has 4 heteroatoms. The number of ether oxygens (including phenoxy) is 1. The molecule has 0 aliphatic carbocycles. The summed E-state index contributed by atoms with van der Waals surface area (Å²) in [5.74, 6) is -0.351. The van der Waals surface area contributed by atoms with Crippen molar-refractivity contribution in [3.63, 3.8) is 0 Å². The van der Waals surface area contributed by atoms with Gasteiger partial charge in [0.1, 0.15) is 0 Å². The number of methoxy groups -OCH3 is 1. The van der Waals surface area contributed by atoms with Crippen molar-refractivity contribution in [1.82, 2.24) is 0 Å². The third-order valence-corrected chi connectivity index (χ3v) is 1.88. The van der Waals surface area contributed by atoms with Gasteiger partial charge in [0.2, 0.25) is 0 Å². The molecule has 3 nitrogen and oxygen atoms in total. The normalized spacial score (nSPS) is 9.21. The maximum absolute atomic E-state index is 10.9. The van der Waals surface area contributed by atoms with Crippen LogP contribution in [0.1, 0.15) is 11.1 Å². The number of halogens is 1. The maximum atomic E-state index is 10.9. The van der Waals surface area contributed by atoms with Gasteiger partial charge in [-0.2, -0.15) is 5.26 Å². The van der Waals surface area contributed by atoms with Crippen LogP contribution in [-0.2, 0) is 16.0 Å². The Kier molecular flexibility index (Phi) is 3.49. The van der Waals surface area contributed by atoms with Crippen LogP contribution in [0.4, 0.5) is 0 Å². The third-order valence-electron chi connectivity index (χ3n) is 1.66. The highest BCUT2D eigenvalue weighted by molar-refractivity contribution is 6.30. The van der Waals surface area contributed by atoms with Crippen molar-refractivity contribution in [1.29, 1.82) is 5.26 Å². The first-order valence-corrected chi connectivity index (χ1v) is 4.30. The quantitative estimate of drug-likeness (QED) is 0.700. The number of benzene rings is 1. The van der Waals surface area contributed by atoms with Gasteiger partial charge in [-0.05, 0) is 23.8 Å². The van der Waals surface area contributed by atoms with Gasteiger partial charge in [0.25, 0.3) is 0 Å². The molecule has 1 aromatic rings. The Hall–Kier alpha value is -1.53. The number of hydrogen-bond donors (Lipinski definition) is 0. The van der Waals surface area contributed by atoms with Gasteiger partial charge in [-0.1, -0.05) is 11.6 Å². The molecule has 0 heterocycles. The molecule has 1 rings (SSSR count). The highest BCUT2D eigenvalue weighted by Gasteiger charge is 2.05. The highest BCUT2D eigenvalue weighted by atomic mass is 35.5. The van der Waals surface area contributed by atoms with E-state index in [0.717, 1.165) is 0 Å². The molecule has 0 atom stereocenters. The SMILES string of the molecule is COC(=O)Cc1cc(Cl)cc(C#N)c1. The van der Waals surface area contributed by atoms with E-state index >= 15 is 0 Å². The Balaban J connectivity index is 2.93. The molecule has 0 N–H and O–H groups in total. The molecule has 0 aromatic heterocycles. The zero-order chi connectivity index (χ0) is 10.6. The van der Waals surface area contributed by atoms with Crippen LogP contribution in [0.25, 0.3) is 0 Å². The van der Waals surface area contributed by atoms with Crippen LogP contribution in [0.15, 0.2) is 18.2 Å². The predicted molar refractivity (Wildman–Crippen MR) is 51.9 cm³/mol. The van der Waals surface area contributed by atoms with E-state index in [4.69, 9.17) is 16.9 Å². The molecule has 0 aliphatic rings. The minimum atomic E-state index is -0.351. The molecule has 0 spiro atoms. The number of carbonyl (C=O) groups is 1. The second-order valence-electron chi connectivity index (χ2n) is 2.71. The lowest BCUT2D eigenvalue weighted by molar-refractivity contribution is -0.139. The van der Waals surface area contributed by atoms with Crippen molar-refractivity contribution in [2.45, 2.75) is 6.42 Å². The Bertz CT molecular complexity index is 396. The van der Waals surface area contributed by atoms with E-state index in [1.807, 2.05) is 6.07 Å². The van der Waals surface area contributed by atoms with E-state index in [1.54, 1.807) is 18.2 Å². The standard InChI is InChI=1S/C10H8ClNO2/c1-14-10(13)5-7-2-8(6-12)4-9(11)3-7/h2-4H,5H2,1H3. The van der Waals surface area contributed by atoms with E-state index in [9.17, 15) is 4.79 Å². The Labute approximate surface area is 86.9 Å². The smallest absolute Gasteiger partial charge is 0.309 e. The third kappa shape index (κ3) is 2.75. The summed E-state index contributed by atoms with van der Waals surface area (Å²) in [6, 6.07) is 6.76. The zero-order valence-corrected chi connectivity index (χ0v) is 8.34. The van der Waals surface area contributed by atoms with Crippen LogP contribution in [0.2, 0.25) is 5.02 Å². The lowest BCUT2D eigenvalue weighted by Gasteiger charge is -2.01.